The molecule has 34 heavy (non-hydrogen) atoms. The van der Waals surface area contributed by atoms with E-state index in [4.69, 9.17) is 9.97 Å². The van der Waals surface area contributed by atoms with E-state index >= 15 is 0 Å². The molecule has 2 bridgehead atoms. The van der Waals surface area contributed by atoms with Crippen LogP contribution in [-0.2, 0) is 15.6 Å². The third kappa shape index (κ3) is 2.58. The van der Waals surface area contributed by atoms with Gasteiger partial charge in [-0.1, -0.05) is 69.3 Å². The molecule has 2 atom stereocenters. The number of carbonyl (C=O) groups excluding carboxylic acids is 1. The molecule has 5 nitrogen and oxygen atoms in total. The number of fused-ring (bicyclic) bond motifs is 6. The van der Waals surface area contributed by atoms with Crippen molar-refractivity contribution in [2.75, 3.05) is 5.01 Å². The lowest BCUT2D eigenvalue weighted by Crippen LogP contribution is -2.55. The standard InChI is InChI=1S/C29H28N4O/c1-27(2)28(3)18-19-29(27,25-24(28)30-22-16-10-11-17-23(22)31-25)26(34)32-33(20-12-6-4-7-13-20)21-14-8-5-9-15-21/h4-17H,18-19H2,1-3H3,(H,32,34)/t28-,29+/m0/s1. The number of carbonyl (C=O) groups is 1. The van der Waals surface area contributed by atoms with E-state index in [-0.39, 0.29) is 16.7 Å². The van der Waals surface area contributed by atoms with Crippen molar-refractivity contribution in [3.05, 3.63) is 96.3 Å². The maximum Gasteiger partial charge on any atom is 0.251 e. The highest BCUT2D eigenvalue weighted by Crippen LogP contribution is 2.70. The van der Waals surface area contributed by atoms with E-state index in [0.29, 0.717) is 0 Å². The van der Waals surface area contributed by atoms with Gasteiger partial charge in [0.05, 0.1) is 33.8 Å². The quantitative estimate of drug-likeness (QED) is 0.399. The minimum absolute atomic E-state index is 0.0303. The van der Waals surface area contributed by atoms with Gasteiger partial charge in [-0.15, -0.1) is 0 Å². The number of nitrogens with zero attached hydrogens (tertiary/aromatic N) is 3. The molecule has 0 radical (unpaired) electrons. The van der Waals surface area contributed by atoms with Crippen LogP contribution in [0, 0.1) is 5.41 Å². The van der Waals surface area contributed by atoms with Crippen LogP contribution < -0.4 is 10.4 Å². The Balaban J connectivity index is 1.50. The first kappa shape index (κ1) is 20.8. The second-order valence-electron chi connectivity index (χ2n) is 10.2. The number of anilines is 2. The Labute approximate surface area is 199 Å². The molecular weight excluding hydrogens is 420 g/mol. The molecule has 1 amide bonds. The largest absolute Gasteiger partial charge is 0.272 e. The van der Waals surface area contributed by atoms with E-state index in [9.17, 15) is 4.79 Å². The zero-order chi connectivity index (χ0) is 23.6. The fourth-order valence-electron chi connectivity index (χ4n) is 6.18. The fraction of sp³-hybridized carbons (Fsp3) is 0.276. The summed E-state index contributed by atoms with van der Waals surface area (Å²) in [6, 6.07) is 27.9. The van der Waals surface area contributed by atoms with Crippen molar-refractivity contribution in [1.29, 1.82) is 0 Å². The number of amides is 1. The van der Waals surface area contributed by atoms with Crippen molar-refractivity contribution >= 4 is 28.3 Å². The van der Waals surface area contributed by atoms with E-state index in [0.717, 1.165) is 46.6 Å². The zero-order valence-electron chi connectivity index (χ0n) is 19.7. The number of rotatable bonds is 4. The van der Waals surface area contributed by atoms with E-state index in [1.165, 1.54) is 0 Å². The molecule has 1 aromatic heterocycles. The Hall–Kier alpha value is -3.73. The van der Waals surface area contributed by atoms with Gasteiger partial charge >= 0.3 is 0 Å². The van der Waals surface area contributed by atoms with Crippen molar-refractivity contribution in [3.8, 4) is 0 Å². The van der Waals surface area contributed by atoms with Crippen molar-refractivity contribution in [3.63, 3.8) is 0 Å². The summed E-state index contributed by atoms with van der Waals surface area (Å²) in [5.41, 5.74) is 7.30. The van der Waals surface area contributed by atoms with Crippen LogP contribution in [0.4, 0.5) is 11.4 Å². The minimum Gasteiger partial charge on any atom is -0.272 e. The van der Waals surface area contributed by atoms with Crippen LogP contribution >= 0.6 is 0 Å². The van der Waals surface area contributed by atoms with Crippen molar-refractivity contribution in [2.24, 2.45) is 5.41 Å². The number of hydrazine groups is 1. The van der Waals surface area contributed by atoms with Crippen LogP contribution in [0.15, 0.2) is 84.9 Å². The third-order valence-corrected chi connectivity index (χ3v) is 8.57. The van der Waals surface area contributed by atoms with Gasteiger partial charge in [0, 0.05) is 5.41 Å². The van der Waals surface area contributed by atoms with Crippen molar-refractivity contribution in [1.82, 2.24) is 15.4 Å². The minimum atomic E-state index is -0.768. The smallest absolute Gasteiger partial charge is 0.251 e. The van der Waals surface area contributed by atoms with Gasteiger partial charge in [-0.3, -0.25) is 15.2 Å². The average Bonchev–Trinajstić information content (AvgIpc) is 3.17. The molecule has 1 fully saturated rings. The Morgan fingerprint density at radius 3 is 1.79 bits per heavy atom. The molecule has 2 aliphatic carbocycles. The molecule has 1 N–H and O–H groups in total. The van der Waals surface area contributed by atoms with Crippen molar-refractivity contribution in [2.45, 2.75) is 44.4 Å². The number of benzene rings is 3. The van der Waals surface area contributed by atoms with E-state index in [2.05, 4.69) is 26.2 Å². The van der Waals surface area contributed by atoms with Crippen LogP contribution in [0.25, 0.3) is 11.0 Å². The highest BCUT2D eigenvalue weighted by Gasteiger charge is 2.73. The molecule has 170 valence electrons. The summed E-state index contributed by atoms with van der Waals surface area (Å²) < 4.78 is 0. The summed E-state index contributed by atoms with van der Waals surface area (Å²) >= 11 is 0. The Kier molecular flexibility index (Phi) is 4.37. The maximum absolute atomic E-state index is 14.4. The summed E-state index contributed by atoms with van der Waals surface area (Å²) in [7, 11) is 0. The van der Waals surface area contributed by atoms with E-state index < -0.39 is 5.41 Å². The topological polar surface area (TPSA) is 58.1 Å². The van der Waals surface area contributed by atoms with Gasteiger partial charge in [-0.25, -0.2) is 9.97 Å². The first-order valence-corrected chi connectivity index (χ1v) is 11.9. The molecule has 0 aliphatic heterocycles. The summed E-state index contributed by atoms with van der Waals surface area (Å²) in [6.45, 7) is 6.68. The third-order valence-electron chi connectivity index (χ3n) is 8.57. The molecule has 0 unspecified atom stereocenters. The number of hydrogen-bond donors (Lipinski definition) is 1. The molecule has 6 rings (SSSR count). The lowest BCUT2D eigenvalue weighted by molar-refractivity contribution is -0.130. The molecule has 4 aromatic rings. The zero-order valence-corrected chi connectivity index (χ0v) is 19.7. The van der Waals surface area contributed by atoms with E-state index in [1.807, 2.05) is 89.9 Å². The summed E-state index contributed by atoms with van der Waals surface area (Å²) in [6.07, 6.45) is 1.66. The Morgan fingerprint density at radius 1 is 0.735 bits per heavy atom. The number of para-hydroxylation sites is 4. The first-order valence-electron chi connectivity index (χ1n) is 11.9. The van der Waals surface area contributed by atoms with Gasteiger partial charge in [0.15, 0.2) is 0 Å². The molecule has 1 saturated carbocycles. The lowest BCUT2D eigenvalue weighted by Gasteiger charge is -2.40. The predicted octanol–water partition coefficient (Wildman–Crippen LogP) is 5.83. The van der Waals surface area contributed by atoms with Gasteiger partial charge in [-0.2, -0.15) is 0 Å². The Morgan fingerprint density at radius 2 is 1.24 bits per heavy atom. The fourth-order valence-corrected chi connectivity index (χ4v) is 6.18. The second kappa shape index (κ2) is 7.13. The number of hydrogen-bond acceptors (Lipinski definition) is 4. The van der Waals surface area contributed by atoms with Gasteiger partial charge < -0.3 is 0 Å². The van der Waals surface area contributed by atoms with Crippen LogP contribution in [-0.4, -0.2) is 15.9 Å². The van der Waals surface area contributed by atoms with Gasteiger partial charge in [0.25, 0.3) is 5.91 Å². The number of aromatic nitrogens is 2. The van der Waals surface area contributed by atoms with Gasteiger partial charge in [0.1, 0.15) is 5.41 Å². The Bertz CT molecular complexity index is 1360. The molecule has 0 spiro atoms. The highest BCUT2D eigenvalue weighted by molar-refractivity contribution is 5.94. The van der Waals surface area contributed by atoms with Crippen LogP contribution in [0.1, 0.15) is 45.0 Å². The summed E-state index contributed by atoms with van der Waals surface area (Å²) in [5.74, 6) is -0.0303. The normalized spacial score (nSPS) is 24.1. The average molecular weight is 449 g/mol. The second-order valence-corrected chi connectivity index (χ2v) is 10.2. The SMILES string of the molecule is CC1(C)[C@@]2(C)CC[C@]1(C(=O)NN(c1ccccc1)c1ccccc1)c1nc3ccccc3nc12. The molecule has 5 heteroatoms. The van der Waals surface area contributed by atoms with Gasteiger partial charge in [0.2, 0.25) is 0 Å². The molecule has 3 aromatic carbocycles. The highest BCUT2D eigenvalue weighted by atomic mass is 16.2. The monoisotopic (exact) mass is 448 g/mol. The molecule has 0 saturated heterocycles. The molecule has 2 aliphatic rings. The molecular formula is C29H28N4O. The van der Waals surface area contributed by atoms with Crippen molar-refractivity contribution < 1.29 is 4.79 Å². The summed E-state index contributed by atoms with van der Waals surface area (Å²) in [4.78, 5) is 24.6. The van der Waals surface area contributed by atoms with E-state index in [1.54, 1.807) is 0 Å². The van der Waals surface area contributed by atoms with Crippen LogP contribution in [0.3, 0.4) is 0 Å². The van der Waals surface area contributed by atoms with Crippen LogP contribution in [0.2, 0.25) is 0 Å². The maximum atomic E-state index is 14.4. The molecule has 1 heterocycles. The predicted molar refractivity (Wildman–Crippen MR) is 135 cm³/mol. The van der Waals surface area contributed by atoms with Gasteiger partial charge in [-0.05, 0) is 54.7 Å². The van der Waals surface area contributed by atoms with Crippen LogP contribution in [0.5, 0.6) is 0 Å². The number of nitrogens with one attached hydrogen (secondary N) is 1. The first-order chi connectivity index (χ1) is 16.4. The lowest BCUT2D eigenvalue weighted by atomic mass is 9.63. The summed E-state index contributed by atoms with van der Waals surface area (Å²) in [5, 5.41) is 1.88.